The number of aryl methyl sites for hydroxylation is 3. The summed E-state index contributed by atoms with van der Waals surface area (Å²) in [6.45, 7) is 6.01. The number of carbonyl (C=O) groups is 1. The van der Waals surface area contributed by atoms with Crippen molar-refractivity contribution in [3.63, 3.8) is 0 Å². The zero-order valence-corrected chi connectivity index (χ0v) is 19.6. The summed E-state index contributed by atoms with van der Waals surface area (Å²) in [6.07, 6.45) is 1.18. The second-order valence-electron chi connectivity index (χ2n) is 7.90. The van der Waals surface area contributed by atoms with Gasteiger partial charge >= 0.3 is 0 Å². The third-order valence-corrected chi connectivity index (χ3v) is 6.14. The molecule has 0 aliphatic rings. The lowest BCUT2D eigenvalue weighted by Gasteiger charge is -2.23. The molecule has 0 spiro atoms. The maximum atomic E-state index is 12.4. The highest BCUT2D eigenvalue weighted by Gasteiger charge is 2.18. The van der Waals surface area contributed by atoms with Crippen LogP contribution in [0.2, 0.25) is 0 Å². The Bertz CT molecular complexity index is 1190. The van der Waals surface area contributed by atoms with Gasteiger partial charge in [0.05, 0.1) is 18.5 Å². The number of hydrogen-bond donors (Lipinski definition) is 1. The summed E-state index contributed by atoms with van der Waals surface area (Å²) < 4.78 is 31.7. The van der Waals surface area contributed by atoms with Crippen LogP contribution in [0.4, 0.5) is 11.4 Å². The van der Waals surface area contributed by atoms with Crippen molar-refractivity contribution >= 4 is 27.3 Å². The third kappa shape index (κ3) is 6.34. The fourth-order valence-corrected chi connectivity index (χ4v) is 4.15. The number of benzene rings is 3. The minimum atomic E-state index is -3.48. The van der Waals surface area contributed by atoms with Crippen LogP contribution in [0, 0.1) is 20.8 Å². The molecule has 6 nitrogen and oxygen atoms in total. The van der Waals surface area contributed by atoms with Crippen LogP contribution in [0.15, 0.2) is 66.7 Å². The molecule has 1 N–H and O–H groups in total. The largest absolute Gasteiger partial charge is 0.484 e. The molecular weight excluding hydrogens is 424 g/mol. The van der Waals surface area contributed by atoms with Crippen molar-refractivity contribution in [1.82, 2.24) is 0 Å². The summed E-state index contributed by atoms with van der Waals surface area (Å²) >= 11 is 0. The smallest absolute Gasteiger partial charge is 0.262 e. The minimum absolute atomic E-state index is 0.147. The van der Waals surface area contributed by atoms with Crippen molar-refractivity contribution in [2.45, 2.75) is 27.3 Å². The normalized spacial score (nSPS) is 11.1. The maximum Gasteiger partial charge on any atom is 0.262 e. The Balaban J connectivity index is 1.64. The summed E-state index contributed by atoms with van der Waals surface area (Å²) in [5, 5.41) is 2.84. The molecule has 0 bridgehead atoms. The standard InChI is InChI=1S/C25H28N2O4S/c1-18-5-8-21(9-6-18)16-27(32(4,29)30)22-10-12-23(13-11-22)31-17-25(28)26-24-14-7-19(2)15-20(24)3/h5-15H,16-17H2,1-4H3,(H,26,28). The van der Waals surface area contributed by atoms with Gasteiger partial charge in [0.2, 0.25) is 10.0 Å². The van der Waals surface area contributed by atoms with Crippen LogP contribution in [0.5, 0.6) is 5.75 Å². The Hall–Kier alpha value is -3.32. The van der Waals surface area contributed by atoms with E-state index in [2.05, 4.69) is 5.32 Å². The van der Waals surface area contributed by atoms with E-state index < -0.39 is 10.0 Å². The van der Waals surface area contributed by atoms with E-state index in [1.54, 1.807) is 24.3 Å². The number of anilines is 2. The van der Waals surface area contributed by atoms with E-state index in [9.17, 15) is 13.2 Å². The van der Waals surface area contributed by atoms with Crippen LogP contribution >= 0.6 is 0 Å². The molecule has 0 aliphatic carbocycles. The molecule has 3 rings (SSSR count). The topological polar surface area (TPSA) is 75.7 Å². The van der Waals surface area contributed by atoms with Crippen molar-refractivity contribution in [3.05, 3.63) is 89.0 Å². The number of amides is 1. The van der Waals surface area contributed by atoms with Gasteiger partial charge in [0, 0.05) is 5.69 Å². The SMILES string of the molecule is Cc1ccc(CN(c2ccc(OCC(=O)Nc3ccc(C)cc3C)cc2)S(C)(=O)=O)cc1. The van der Waals surface area contributed by atoms with Crippen molar-refractivity contribution in [1.29, 1.82) is 0 Å². The number of rotatable bonds is 8. The Labute approximate surface area is 189 Å². The van der Waals surface area contributed by atoms with E-state index in [4.69, 9.17) is 4.74 Å². The fraction of sp³-hybridized carbons (Fsp3) is 0.240. The van der Waals surface area contributed by atoms with E-state index in [1.165, 1.54) is 10.6 Å². The first kappa shape index (κ1) is 23.3. The van der Waals surface area contributed by atoms with Crippen LogP contribution in [0.1, 0.15) is 22.3 Å². The molecule has 0 heterocycles. The second kappa shape index (κ2) is 9.87. The lowest BCUT2D eigenvalue weighted by Crippen LogP contribution is -2.29. The first-order valence-corrected chi connectivity index (χ1v) is 12.1. The number of hydrogen-bond acceptors (Lipinski definition) is 4. The zero-order chi connectivity index (χ0) is 23.3. The van der Waals surface area contributed by atoms with Crippen LogP contribution < -0.4 is 14.4 Å². The van der Waals surface area contributed by atoms with Gasteiger partial charge in [0.25, 0.3) is 5.91 Å². The average Bonchev–Trinajstić information content (AvgIpc) is 2.73. The van der Waals surface area contributed by atoms with E-state index in [1.807, 2.05) is 63.2 Å². The van der Waals surface area contributed by atoms with E-state index in [-0.39, 0.29) is 19.1 Å². The molecule has 0 unspecified atom stereocenters. The maximum absolute atomic E-state index is 12.4. The predicted molar refractivity (Wildman–Crippen MR) is 129 cm³/mol. The zero-order valence-electron chi connectivity index (χ0n) is 18.8. The Morgan fingerprint density at radius 1 is 0.906 bits per heavy atom. The molecule has 32 heavy (non-hydrogen) atoms. The average molecular weight is 453 g/mol. The van der Waals surface area contributed by atoms with Crippen LogP contribution in [0.25, 0.3) is 0 Å². The quantitative estimate of drug-likeness (QED) is 0.542. The van der Waals surface area contributed by atoms with Gasteiger partial charge < -0.3 is 10.1 Å². The lowest BCUT2D eigenvalue weighted by molar-refractivity contribution is -0.118. The highest BCUT2D eigenvalue weighted by molar-refractivity contribution is 7.92. The van der Waals surface area contributed by atoms with Gasteiger partial charge in [-0.25, -0.2) is 8.42 Å². The van der Waals surface area contributed by atoms with Gasteiger partial charge in [-0.3, -0.25) is 9.10 Å². The van der Waals surface area contributed by atoms with Crippen molar-refractivity contribution in [2.75, 3.05) is 22.5 Å². The Morgan fingerprint density at radius 3 is 2.12 bits per heavy atom. The van der Waals surface area contributed by atoms with E-state index in [0.717, 1.165) is 27.9 Å². The van der Waals surface area contributed by atoms with Gasteiger partial charge in [-0.1, -0.05) is 47.5 Å². The first-order chi connectivity index (χ1) is 15.1. The van der Waals surface area contributed by atoms with Gasteiger partial charge in [-0.2, -0.15) is 0 Å². The Kier molecular flexibility index (Phi) is 7.20. The number of ether oxygens (including phenoxy) is 1. The molecule has 0 atom stereocenters. The predicted octanol–water partition coefficient (Wildman–Crippen LogP) is 4.60. The van der Waals surface area contributed by atoms with Crippen LogP contribution in [-0.4, -0.2) is 27.2 Å². The molecule has 0 fully saturated rings. The molecule has 3 aromatic rings. The van der Waals surface area contributed by atoms with Crippen molar-refractivity contribution < 1.29 is 17.9 Å². The third-order valence-electron chi connectivity index (χ3n) is 5.00. The summed E-state index contributed by atoms with van der Waals surface area (Å²) in [4.78, 5) is 12.2. The number of sulfonamides is 1. The molecule has 3 aromatic carbocycles. The summed E-state index contributed by atoms with van der Waals surface area (Å²) in [5.41, 5.74) is 5.39. The molecule has 0 saturated carbocycles. The van der Waals surface area contributed by atoms with Crippen molar-refractivity contribution in [3.8, 4) is 5.75 Å². The van der Waals surface area contributed by atoms with Crippen molar-refractivity contribution in [2.24, 2.45) is 0 Å². The van der Waals surface area contributed by atoms with Gasteiger partial charge in [0.15, 0.2) is 6.61 Å². The molecular formula is C25H28N2O4S. The summed E-state index contributed by atoms with van der Waals surface area (Å²) in [7, 11) is -3.48. The number of nitrogens with zero attached hydrogens (tertiary/aromatic N) is 1. The summed E-state index contributed by atoms with van der Waals surface area (Å²) in [5.74, 6) is 0.214. The molecule has 0 saturated heterocycles. The molecule has 0 aliphatic heterocycles. The molecule has 7 heteroatoms. The minimum Gasteiger partial charge on any atom is -0.484 e. The van der Waals surface area contributed by atoms with E-state index >= 15 is 0 Å². The van der Waals surface area contributed by atoms with Crippen LogP contribution in [0.3, 0.4) is 0 Å². The monoisotopic (exact) mass is 452 g/mol. The highest BCUT2D eigenvalue weighted by atomic mass is 32.2. The first-order valence-electron chi connectivity index (χ1n) is 10.2. The van der Waals surface area contributed by atoms with Gasteiger partial charge in [0.1, 0.15) is 5.75 Å². The Morgan fingerprint density at radius 2 is 1.53 bits per heavy atom. The number of carbonyl (C=O) groups excluding carboxylic acids is 1. The molecule has 0 aromatic heterocycles. The van der Waals surface area contributed by atoms with Crippen LogP contribution in [-0.2, 0) is 21.4 Å². The second-order valence-corrected chi connectivity index (χ2v) is 9.81. The molecule has 168 valence electrons. The summed E-state index contributed by atoms with van der Waals surface area (Å²) in [6, 6.07) is 20.2. The molecule has 1 amide bonds. The van der Waals surface area contributed by atoms with E-state index in [0.29, 0.717) is 11.4 Å². The number of nitrogens with one attached hydrogen (secondary N) is 1. The molecule has 0 radical (unpaired) electrons. The highest BCUT2D eigenvalue weighted by Crippen LogP contribution is 2.24. The van der Waals surface area contributed by atoms with Gasteiger partial charge in [-0.05, 0) is 62.2 Å². The fourth-order valence-electron chi connectivity index (χ4n) is 3.26. The lowest BCUT2D eigenvalue weighted by atomic mass is 10.1. The van der Waals surface area contributed by atoms with Gasteiger partial charge in [-0.15, -0.1) is 0 Å².